The van der Waals surface area contributed by atoms with Crippen molar-refractivity contribution in [1.29, 1.82) is 0 Å². The van der Waals surface area contributed by atoms with Gasteiger partial charge in [0.2, 0.25) is 5.76 Å². The predicted octanol–water partition coefficient (Wildman–Crippen LogP) is 0.157. The Morgan fingerprint density at radius 2 is 1.92 bits per heavy atom. The van der Waals surface area contributed by atoms with Crippen LogP contribution in [0.15, 0.2) is 11.3 Å². The van der Waals surface area contributed by atoms with Crippen molar-refractivity contribution in [3.63, 3.8) is 0 Å². The second-order valence-electron chi connectivity index (χ2n) is 2.07. The van der Waals surface area contributed by atoms with E-state index in [1.807, 2.05) is 0 Å². The summed E-state index contributed by atoms with van der Waals surface area (Å²) in [6.45, 7) is 0. The van der Waals surface area contributed by atoms with E-state index < -0.39 is 17.7 Å². The molecular weight excluding hydrogens is 184 g/mol. The summed E-state index contributed by atoms with van der Waals surface area (Å²) < 4.78 is 4.53. The monoisotopic (exact) mass is 188 g/mol. The first kappa shape index (κ1) is 8.66. The van der Waals surface area contributed by atoms with Gasteiger partial charge in [0.15, 0.2) is 5.05 Å². The van der Waals surface area contributed by atoms with E-state index in [9.17, 15) is 9.59 Å². The molecule has 0 radical (unpaired) electrons. The maximum Gasteiger partial charge on any atom is 0.372 e. The van der Waals surface area contributed by atoms with Crippen LogP contribution < -0.4 is 0 Å². The molecule has 2 N–H and O–H groups in total. The number of hydrogen-bond donors (Lipinski definition) is 2. The van der Waals surface area contributed by atoms with Crippen molar-refractivity contribution in [2.24, 2.45) is 0 Å². The first-order valence-electron chi connectivity index (χ1n) is 2.92. The first-order chi connectivity index (χ1) is 5.52. The van der Waals surface area contributed by atoms with Crippen LogP contribution in [0, 0.1) is 0 Å². The van der Waals surface area contributed by atoms with Crippen molar-refractivity contribution in [2.45, 2.75) is 6.42 Å². The topological polar surface area (TPSA) is 83.8 Å². The SMILES string of the molecule is O=C(O)C1=C(C(=O)O)OC(=S)C1. The zero-order valence-electron chi connectivity index (χ0n) is 5.73. The highest BCUT2D eigenvalue weighted by atomic mass is 32.1. The second-order valence-corrected chi connectivity index (χ2v) is 2.52. The second kappa shape index (κ2) is 2.90. The third-order valence-electron chi connectivity index (χ3n) is 1.26. The fourth-order valence-corrected chi connectivity index (χ4v) is 1.01. The van der Waals surface area contributed by atoms with E-state index >= 15 is 0 Å². The smallest absolute Gasteiger partial charge is 0.372 e. The molecular formula is C6H4O5S. The normalized spacial score (nSPS) is 16.2. The Morgan fingerprint density at radius 1 is 1.33 bits per heavy atom. The standard InChI is InChI=1S/C6H4O5S/c7-5(8)2-1-3(12)11-4(2)6(9)10/h1H2,(H,7,8)(H,9,10). The van der Waals surface area contributed by atoms with Crippen molar-refractivity contribution in [2.75, 3.05) is 0 Å². The average Bonchev–Trinajstić information content (AvgIpc) is 2.31. The van der Waals surface area contributed by atoms with Gasteiger partial charge in [-0.05, 0) is 12.2 Å². The maximum absolute atomic E-state index is 10.4. The number of carboxylic acid groups (broad SMARTS) is 2. The number of carboxylic acids is 2. The van der Waals surface area contributed by atoms with Gasteiger partial charge in [-0.3, -0.25) is 0 Å². The van der Waals surface area contributed by atoms with E-state index in [2.05, 4.69) is 17.0 Å². The first-order valence-corrected chi connectivity index (χ1v) is 3.33. The molecule has 0 aromatic carbocycles. The van der Waals surface area contributed by atoms with Crippen molar-refractivity contribution in [1.82, 2.24) is 0 Å². The van der Waals surface area contributed by atoms with Crippen LogP contribution in [0.4, 0.5) is 0 Å². The molecule has 0 aromatic heterocycles. The highest BCUT2D eigenvalue weighted by molar-refractivity contribution is 7.80. The predicted molar refractivity (Wildman–Crippen MR) is 40.6 cm³/mol. The van der Waals surface area contributed by atoms with Crippen LogP contribution in [-0.4, -0.2) is 27.2 Å². The molecule has 0 aromatic rings. The van der Waals surface area contributed by atoms with Gasteiger partial charge in [-0.25, -0.2) is 9.59 Å². The summed E-state index contributed by atoms with van der Waals surface area (Å²) in [6.07, 6.45) is -0.119. The minimum Gasteiger partial charge on any atom is -0.478 e. The summed E-state index contributed by atoms with van der Waals surface area (Å²) >= 11 is 4.52. The van der Waals surface area contributed by atoms with Gasteiger partial charge in [-0.2, -0.15) is 0 Å². The Balaban J connectivity index is 3.04. The third-order valence-corrected chi connectivity index (χ3v) is 1.49. The van der Waals surface area contributed by atoms with Crippen LogP contribution >= 0.6 is 12.2 Å². The number of rotatable bonds is 2. The van der Waals surface area contributed by atoms with Crippen molar-refractivity contribution in [3.8, 4) is 0 Å². The van der Waals surface area contributed by atoms with E-state index in [4.69, 9.17) is 10.2 Å². The summed E-state index contributed by atoms with van der Waals surface area (Å²) in [5, 5.41) is 16.9. The molecule has 5 nitrogen and oxygen atoms in total. The van der Waals surface area contributed by atoms with Gasteiger partial charge in [0.05, 0.1) is 12.0 Å². The molecule has 64 valence electrons. The lowest BCUT2D eigenvalue weighted by molar-refractivity contribution is -0.137. The molecule has 0 fully saturated rings. The molecule has 1 rings (SSSR count). The number of thiocarbonyl (C=S) groups is 1. The molecule has 12 heavy (non-hydrogen) atoms. The van der Waals surface area contributed by atoms with E-state index in [1.165, 1.54) is 0 Å². The summed E-state index contributed by atoms with van der Waals surface area (Å²) in [5.74, 6) is -3.30. The number of carbonyl (C=O) groups is 2. The molecule has 0 bridgehead atoms. The highest BCUT2D eigenvalue weighted by Gasteiger charge is 2.30. The van der Waals surface area contributed by atoms with Crippen molar-refractivity contribution < 1.29 is 24.5 Å². The van der Waals surface area contributed by atoms with Crippen LogP contribution in [0.2, 0.25) is 0 Å². The molecule has 0 atom stereocenters. The fourth-order valence-electron chi connectivity index (χ4n) is 0.782. The Kier molecular flexibility index (Phi) is 2.09. The van der Waals surface area contributed by atoms with Crippen molar-refractivity contribution >= 4 is 29.2 Å². The number of hydrogen-bond acceptors (Lipinski definition) is 4. The average molecular weight is 188 g/mol. The van der Waals surface area contributed by atoms with Crippen LogP contribution in [0.3, 0.4) is 0 Å². The van der Waals surface area contributed by atoms with Gasteiger partial charge in [0, 0.05) is 0 Å². The largest absolute Gasteiger partial charge is 0.478 e. The molecule has 1 aliphatic heterocycles. The summed E-state index contributed by atoms with van der Waals surface area (Å²) in [6, 6.07) is 0. The molecule has 0 saturated carbocycles. The van der Waals surface area contributed by atoms with E-state index in [0.717, 1.165) is 0 Å². The van der Waals surface area contributed by atoms with Gasteiger partial charge in [0.25, 0.3) is 0 Å². The van der Waals surface area contributed by atoms with Crippen molar-refractivity contribution in [3.05, 3.63) is 11.3 Å². The van der Waals surface area contributed by atoms with E-state index in [0.29, 0.717) is 0 Å². The third kappa shape index (κ3) is 1.42. The summed E-state index contributed by atoms with van der Waals surface area (Å²) in [7, 11) is 0. The van der Waals surface area contributed by atoms with Gasteiger partial charge < -0.3 is 14.9 Å². The summed E-state index contributed by atoms with van der Waals surface area (Å²) in [5.41, 5.74) is -0.299. The lowest BCUT2D eigenvalue weighted by atomic mass is 10.2. The quantitative estimate of drug-likeness (QED) is 0.600. The van der Waals surface area contributed by atoms with Gasteiger partial charge in [0.1, 0.15) is 0 Å². The molecule has 1 heterocycles. The summed E-state index contributed by atoms with van der Waals surface area (Å²) in [4.78, 5) is 20.8. The van der Waals surface area contributed by atoms with Crippen LogP contribution in [0.25, 0.3) is 0 Å². The maximum atomic E-state index is 10.4. The Labute approximate surface area is 72.3 Å². The van der Waals surface area contributed by atoms with Crippen LogP contribution in [-0.2, 0) is 14.3 Å². The highest BCUT2D eigenvalue weighted by Crippen LogP contribution is 2.21. The minimum atomic E-state index is -1.41. The molecule has 1 aliphatic rings. The Bertz CT molecular complexity index is 275. The molecule has 0 saturated heterocycles. The van der Waals surface area contributed by atoms with E-state index in [1.54, 1.807) is 0 Å². The zero-order chi connectivity index (χ0) is 9.30. The number of ether oxygens (including phenoxy) is 1. The molecule has 0 spiro atoms. The lowest BCUT2D eigenvalue weighted by Crippen LogP contribution is -2.07. The molecule has 6 heteroatoms. The Hall–Kier alpha value is -1.43. The van der Waals surface area contributed by atoms with Crippen LogP contribution in [0.5, 0.6) is 0 Å². The van der Waals surface area contributed by atoms with Gasteiger partial charge in [-0.15, -0.1) is 0 Å². The molecule has 0 amide bonds. The fraction of sp³-hybridized carbons (Fsp3) is 0.167. The number of aliphatic carboxylic acids is 2. The van der Waals surface area contributed by atoms with Crippen LogP contribution in [0.1, 0.15) is 6.42 Å². The molecule has 0 unspecified atom stereocenters. The lowest BCUT2D eigenvalue weighted by Gasteiger charge is -1.95. The van der Waals surface area contributed by atoms with E-state index in [-0.39, 0.29) is 17.0 Å². The minimum absolute atomic E-state index is 0.0233. The van der Waals surface area contributed by atoms with Gasteiger partial charge in [-0.1, -0.05) is 0 Å². The zero-order valence-corrected chi connectivity index (χ0v) is 6.55. The van der Waals surface area contributed by atoms with Gasteiger partial charge >= 0.3 is 11.9 Å². The molecule has 0 aliphatic carbocycles. The Morgan fingerprint density at radius 3 is 2.25 bits per heavy atom.